The second-order valence-electron chi connectivity index (χ2n) is 14.5. The van der Waals surface area contributed by atoms with Crippen molar-refractivity contribution in [2.75, 3.05) is 0 Å². The Labute approximate surface area is 341 Å². The van der Waals surface area contributed by atoms with Crippen LogP contribution < -0.4 is 0 Å². The Bertz CT molecular complexity index is 2760. The van der Waals surface area contributed by atoms with E-state index in [0.717, 1.165) is 22.3 Å². The summed E-state index contributed by atoms with van der Waals surface area (Å²) in [5.74, 6) is 0. The SMILES string of the molecule is C(=Cc1ccccc1C=C(c1ccccc1)c1cccc2ccccc12)c1ccccc1C=Cc1ccccc1C=C(c1ccccc1)c1cccc2ccccc12. The lowest BCUT2D eigenvalue weighted by molar-refractivity contribution is 1.56. The summed E-state index contributed by atoms with van der Waals surface area (Å²) in [7, 11) is 0. The predicted octanol–water partition coefficient (Wildman–Crippen LogP) is 15.5. The molecule has 0 aliphatic rings. The zero-order chi connectivity index (χ0) is 38.9. The highest BCUT2D eigenvalue weighted by atomic mass is 14.2. The normalized spacial score (nSPS) is 12.2. The van der Waals surface area contributed by atoms with Gasteiger partial charge in [0.05, 0.1) is 0 Å². The van der Waals surface area contributed by atoms with E-state index >= 15 is 0 Å². The summed E-state index contributed by atoms with van der Waals surface area (Å²) in [6.07, 6.45) is 13.7. The van der Waals surface area contributed by atoms with Gasteiger partial charge in [0.25, 0.3) is 0 Å². The number of hydrogen-bond donors (Lipinski definition) is 0. The molecule has 0 saturated heterocycles. The van der Waals surface area contributed by atoms with E-state index in [4.69, 9.17) is 0 Å². The average molecular weight is 739 g/mol. The van der Waals surface area contributed by atoms with Crippen LogP contribution in [0.2, 0.25) is 0 Å². The standard InChI is InChI=1S/C58H42/c1-3-23-49(24-4-1)57(55-35-17-31-47-27-13-15-33-53(47)55)41-51-29-11-9-21-45(51)39-37-43-19-7-8-20-44(43)38-40-46-22-10-12-30-52(46)42-58(50-25-5-2-6-26-50)56-36-18-32-48-28-14-16-34-54(48)56/h1-42H. The van der Waals surface area contributed by atoms with Gasteiger partial charge < -0.3 is 0 Å². The number of fused-ring (bicyclic) bond motifs is 2. The van der Waals surface area contributed by atoms with Crippen molar-refractivity contribution in [2.45, 2.75) is 0 Å². The Morgan fingerprint density at radius 1 is 0.241 bits per heavy atom. The van der Waals surface area contributed by atoms with E-state index in [1.54, 1.807) is 0 Å². The zero-order valence-corrected chi connectivity index (χ0v) is 32.2. The van der Waals surface area contributed by atoms with Crippen LogP contribution in [0.15, 0.2) is 218 Å². The topological polar surface area (TPSA) is 0 Å². The summed E-state index contributed by atoms with van der Waals surface area (Å²) in [5.41, 5.74) is 14.2. The van der Waals surface area contributed by atoms with Gasteiger partial charge in [-0.25, -0.2) is 0 Å². The lowest BCUT2D eigenvalue weighted by atomic mass is 9.90. The van der Waals surface area contributed by atoms with Crippen LogP contribution in [-0.2, 0) is 0 Å². The Morgan fingerprint density at radius 2 is 0.534 bits per heavy atom. The van der Waals surface area contributed by atoms with Gasteiger partial charge in [0.2, 0.25) is 0 Å². The second kappa shape index (κ2) is 17.1. The van der Waals surface area contributed by atoms with Crippen LogP contribution in [0.5, 0.6) is 0 Å². The van der Waals surface area contributed by atoms with Crippen molar-refractivity contribution in [1.82, 2.24) is 0 Å². The maximum absolute atomic E-state index is 2.34. The van der Waals surface area contributed by atoms with E-state index in [1.807, 2.05) is 0 Å². The molecule has 0 radical (unpaired) electrons. The molecule has 0 aliphatic carbocycles. The average Bonchev–Trinajstić information content (AvgIpc) is 3.30. The molecular formula is C58H42. The van der Waals surface area contributed by atoms with Gasteiger partial charge in [-0.3, -0.25) is 0 Å². The van der Waals surface area contributed by atoms with E-state index in [9.17, 15) is 0 Å². The van der Waals surface area contributed by atoms with Crippen LogP contribution in [-0.4, -0.2) is 0 Å². The van der Waals surface area contributed by atoms with Gasteiger partial charge in [-0.15, -0.1) is 0 Å². The molecule has 0 aromatic heterocycles. The highest BCUT2D eigenvalue weighted by Crippen LogP contribution is 2.34. The zero-order valence-electron chi connectivity index (χ0n) is 32.2. The van der Waals surface area contributed by atoms with Crippen molar-refractivity contribution in [3.05, 3.63) is 274 Å². The largest absolute Gasteiger partial charge is 0.0622 e. The van der Waals surface area contributed by atoms with E-state index in [2.05, 4.69) is 255 Å². The van der Waals surface area contributed by atoms with Gasteiger partial charge in [0.15, 0.2) is 0 Å². The molecule has 0 aliphatic heterocycles. The molecule has 0 heteroatoms. The third-order valence-corrected chi connectivity index (χ3v) is 10.8. The lowest BCUT2D eigenvalue weighted by Crippen LogP contribution is -1.91. The van der Waals surface area contributed by atoms with E-state index in [0.29, 0.717) is 0 Å². The summed E-state index contributed by atoms with van der Waals surface area (Å²) in [6.45, 7) is 0. The number of benzene rings is 9. The molecule has 0 atom stereocenters. The van der Waals surface area contributed by atoms with Crippen LogP contribution in [0.4, 0.5) is 0 Å². The van der Waals surface area contributed by atoms with Crippen molar-refractivity contribution in [3.8, 4) is 0 Å². The fourth-order valence-corrected chi connectivity index (χ4v) is 7.86. The fraction of sp³-hybridized carbons (Fsp3) is 0. The molecular weight excluding hydrogens is 697 g/mol. The Kier molecular flexibility index (Phi) is 10.6. The first-order valence-corrected chi connectivity index (χ1v) is 19.9. The van der Waals surface area contributed by atoms with Crippen LogP contribution in [0.1, 0.15) is 55.6 Å². The predicted molar refractivity (Wildman–Crippen MR) is 252 cm³/mol. The molecule has 0 saturated carbocycles. The van der Waals surface area contributed by atoms with Crippen molar-refractivity contribution < 1.29 is 0 Å². The molecule has 9 aromatic rings. The Balaban J connectivity index is 1.07. The molecule has 0 fully saturated rings. The molecule has 0 unspecified atom stereocenters. The smallest absolute Gasteiger partial charge is 0.00990 e. The summed E-state index contributed by atoms with van der Waals surface area (Å²) < 4.78 is 0. The summed E-state index contributed by atoms with van der Waals surface area (Å²) in [5, 5.41) is 4.96. The summed E-state index contributed by atoms with van der Waals surface area (Å²) in [6, 6.07) is 77.8. The quantitative estimate of drug-likeness (QED) is 0.123. The van der Waals surface area contributed by atoms with Gasteiger partial charge >= 0.3 is 0 Å². The summed E-state index contributed by atoms with van der Waals surface area (Å²) >= 11 is 0. The number of hydrogen-bond acceptors (Lipinski definition) is 0. The molecule has 0 nitrogen and oxygen atoms in total. The minimum atomic E-state index is 1.16. The van der Waals surface area contributed by atoms with Crippen LogP contribution in [0.3, 0.4) is 0 Å². The molecule has 9 rings (SSSR count). The van der Waals surface area contributed by atoms with Crippen molar-refractivity contribution in [3.63, 3.8) is 0 Å². The monoisotopic (exact) mass is 738 g/mol. The van der Waals surface area contributed by atoms with Crippen molar-refractivity contribution in [2.24, 2.45) is 0 Å². The molecule has 58 heavy (non-hydrogen) atoms. The highest BCUT2D eigenvalue weighted by Gasteiger charge is 2.12. The summed E-state index contributed by atoms with van der Waals surface area (Å²) in [4.78, 5) is 0. The van der Waals surface area contributed by atoms with Crippen molar-refractivity contribution >= 4 is 69.1 Å². The van der Waals surface area contributed by atoms with E-state index < -0.39 is 0 Å². The molecule has 0 amide bonds. The highest BCUT2D eigenvalue weighted by molar-refractivity contribution is 6.04. The molecule has 0 heterocycles. The third kappa shape index (κ3) is 7.91. The lowest BCUT2D eigenvalue weighted by Gasteiger charge is -2.13. The first-order chi connectivity index (χ1) is 28.8. The minimum Gasteiger partial charge on any atom is -0.0622 e. The first kappa shape index (κ1) is 36.1. The molecule has 274 valence electrons. The molecule has 0 N–H and O–H groups in total. The van der Waals surface area contributed by atoms with Crippen LogP contribution >= 0.6 is 0 Å². The third-order valence-electron chi connectivity index (χ3n) is 10.8. The van der Waals surface area contributed by atoms with Crippen LogP contribution in [0.25, 0.3) is 69.1 Å². The van der Waals surface area contributed by atoms with Gasteiger partial charge in [0.1, 0.15) is 0 Å². The maximum atomic E-state index is 2.34. The van der Waals surface area contributed by atoms with E-state index in [1.165, 1.54) is 66.1 Å². The van der Waals surface area contributed by atoms with Crippen molar-refractivity contribution in [1.29, 1.82) is 0 Å². The molecule has 0 spiro atoms. The Hall–Kier alpha value is -7.54. The number of rotatable bonds is 10. The van der Waals surface area contributed by atoms with Gasteiger partial charge in [-0.2, -0.15) is 0 Å². The fourth-order valence-electron chi connectivity index (χ4n) is 7.86. The maximum Gasteiger partial charge on any atom is -0.00990 e. The molecule has 9 aromatic carbocycles. The first-order valence-electron chi connectivity index (χ1n) is 19.9. The van der Waals surface area contributed by atoms with E-state index in [-0.39, 0.29) is 0 Å². The van der Waals surface area contributed by atoms with Crippen LogP contribution in [0, 0.1) is 0 Å². The Morgan fingerprint density at radius 3 is 0.931 bits per heavy atom. The molecule has 0 bridgehead atoms. The van der Waals surface area contributed by atoms with Gasteiger partial charge in [-0.1, -0.05) is 243 Å². The van der Waals surface area contributed by atoms with Gasteiger partial charge in [-0.05, 0) is 100 Å². The second-order valence-corrected chi connectivity index (χ2v) is 14.5. The minimum absolute atomic E-state index is 1.16. The van der Waals surface area contributed by atoms with Gasteiger partial charge in [0, 0.05) is 0 Å².